The minimum absolute atomic E-state index is 0.260. The Morgan fingerprint density at radius 3 is 2.46 bits per heavy atom. The lowest BCUT2D eigenvalue weighted by molar-refractivity contribution is -0.137. The lowest BCUT2D eigenvalue weighted by atomic mass is 9.93. The molecule has 0 aliphatic rings. The first-order chi connectivity index (χ1) is 12.3. The second-order valence-corrected chi connectivity index (χ2v) is 6.89. The molecule has 0 aliphatic heterocycles. The molecule has 0 aliphatic carbocycles. The highest BCUT2D eigenvalue weighted by Crippen LogP contribution is 2.27. The van der Waals surface area contributed by atoms with E-state index in [-0.39, 0.29) is 11.5 Å². The van der Waals surface area contributed by atoms with E-state index in [0.717, 1.165) is 12.8 Å². The fraction of sp³-hybridized carbons (Fsp3) is 0.600. The molecule has 6 heteroatoms. The third-order valence-electron chi connectivity index (χ3n) is 4.13. The molecule has 0 aromatic heterocycles. The van der Waals surface area contributed by atoms with Gasteiger partial charge >= 0.3 is 5.97 Å². The first-order valence-corrected chi connectivity index (χ1v) is 8.99. The predicted molar refractivity (Wildman–Crippen MR) is 102 cm³/mol. The molecule has 0 heterocycles. The molecule has 1 aromatic carbocycles. The summed E-state index contributed by atoms with van der Waals surface area (Å²) >= 11 is 0. The number of anilines is 1. The molecule has 0 saturated heterocycles. The summed E-state index contributed by atoms with van der Waals surface area (Å²) in [6.07, 6.45) is 2.46. The lowest BCUT2D eigenvalue weighted by Crippen LogP contribution is -2.43. The highest BCUT2D eigenvalue weighted by molar-refractivity contribution is 5.99. The van der Waals surface area contributed by atoms with Crippen molar-refractivity contribution in [3.05, 3.63) is 23.8 Å². The maximum Gasteiger partial charge on any atom is 0.341 e. The van der Waals surface area contributed by atoms with E-state index in [1.807, 2.05) is 13.8 Å². The van der Waals surface area contributed by atoms with E-state index < -0.39 is 11.6 Å². The molecule has 6 nitrogen and oxygen atoms in total. The highest BCUT2D eigenvalue weighted by Gasteiger charge is 2.34. The second kappa shape index (κ2) is 10.2. The molecule has 0 unspecified atom stereocenters. The van der Waals surface area contributed by atoms with Gasteiger partial charge in [-0.05, 0) is 43.9 Å². The Morgan fingerprint density at radius 1 is 1.23 bits per heavy atom. The van der Waals surface area contributed by atoms with E-state index in [1.54, 1.807) is 25.1 Å². The van der Waals surface area contributed by atoms with Crippen LogP contribution in [0.15, 0.2) is 18.2 Å². The molecule has 1 rings (SSSR count). The van der Waals surface area contributed by atoms with E-state index in [9.17, 15) is 9.59 Å². The summed E-state index contributed by atoms with van der Waals surface area (Å²) in [6, 6.07) is 4.94. The molecular formula is C20H31NO5. The normalized spacial score (nSPS) is 13.2. The lowest BCUT2D eigenvalue weighted by Gasteiger charge is -2.28. The van der Waals surface area contributed by atoms with Crippen LogP contribution < -0.4 is 10.1 Å². The molecule has 146 valence electrons. The first kappa shape index (κ1) is 22.0. The number of ether oxygens (including phenoxy) is 3. The van der Waals surface area contributed by atoms with E-state index in [1.165, 1.54) is 14.2 Å². The average Bonchev–Trinajstić information content (AvgIpc) is 2.61. The van der Waals surface area contributed by atoms with Crippen LogP contribution in [0.1, 0.15) is 57.3 Å². The van der Waals surface area contributed by atoms with Crippen LogP contribution in [0.3, 0.4) is 0 Å². The Bertz CT molecular complexity index is 614. The van der Waals surface area contributed by atoms with Crippen LogP contribution in [-0.4, -0.2) is 38.3 Å². The zero-order chi connectivity index (χ0) is 19.7. The Hall–Kier alpha value is -2.08. The third kappa shape index (κ3) is 6.02. The molecule has 26 heavy (non-hydrogen) atoms. The van der Waals surface area contributed by atoms with Crippen LogP contribution in [-0.2, 0) is 14.3 Å². The zero-order valence-electron chi connectivity index (χ0n) is 16.7. The topological polar surface area (TPSA) is 73.9 Å². The van der Waals surface area contributed by atoms with Crippen molar-refractivity contribution < 1.29 is 23.8 Å². The SMILES string of the molecule is CCCCOc1ccc(NC(=O)[C@](C)(CC(C)C)OC)cc1C(=O)OC. The largest absolute Gasteiger partial charge is 0.493 e. The maximum absolute atomic E-state index is 12.7. The molecule has 1 N–H and O–H groups in total. The van der Waals surface area contributed by atoms with Gasteiger partial charge in [0, 0.05) is 12.8 Å². The number of methoxy groups -OCH3 is 2. The molecule has 0 fully saturated rings. The summed E-state index contributed by atoms with van der Waals surface area (Å²) in [5, 5.41) is 2.83. The Morgan fingerprint density at radius 2 is 1.92 bits per heavy atom. The van der Waals surface area contributed by atoms with E-state index in [0.29, 0.717) is 30.4 Å². The predicted octanol–water partition coefficient (Wildman–Crippen LogP) is 4.04. The van der Waals surface area contributed by atoms with Gasteiger partial charge in [0.05, 0.1) is 13.7 Å². The zero-order valence-corrected chi connectivity index (χ0v) is 16.7. The standard InChI is InChI=1S/C20H31NO5/c1-7-8-11-26-17-10-9-15(12-16(17)18(22)24-5)21-19(23)20(4,25-6)13-14(2)3/h9-10,12,14H,7-8,11,13H2,1-6H3,(H,21,23)/t20-/m0/s1. The van der Waals surface area contributed by atoms with E-state index in [2.05, 4.69) is 12.2 Å². The van der Waals surface area contributed by atoms with Crippen molar-refractivity contribution >= 4 is 17.6 Å². The van der Waals surface area contributed by atoms with Crippen molar-refractivity contribution in [2.24, 2.45) is 5.92 Å². The van der Waals surface area contributed by atoms with Crippen LogP contribution >= 0.6 is 0 Å². The van der Waals surface area contributed by atoms with Crippen LogP contribution in [0.5, 0.6) is 5.75 Å². The number of unbranched alkanes of at least 4 members (excludes halogenated alkanes) is 1. The quantitative estimate of drug-likeness (QED) is 0.500. The van der Waals surface area contributed by atoms with Crippen LogP contribution in [0, 0.1) is 5.92 Å². The number of carbonyl (C=O) groups is 2. The van der Waals surface area contributed by atoms with Gasteiger partial charge < -0.3 is 19.5 Å². The van der Waals surface area contributed by atoms with Gasteiger partial charge in [-0.3, -0.25) is 4.79 Å². The summed E-state index contributed by atoms with van der Waals surface area (Å²) in [5.41, 5.74) is -0.176. The number of hydrogen-bond acceptors (Lipinski definition) is 5. The van der Waals surface area contributed by atoms with Crippen LogP contribution in [0.25, 0.3) is 0 Å². The van der Waals surface area contributed by atoms with Gasteiger partial charge in [-0.25, -0.2) is 4.79 Å². The fourth-order valence-electron chi connectivity index (χ4n) is 2.64. The van der Waals surface area contributed by atoms with Crippen molar-refractivity contribution in [3.8, 4) is 5.75 Å². The van der Waals surface area contributed by atoms with E-state index >= 15 is 0 Å². The summed E-state index contributed by atoms with van der Waals surface area (Å²) in [6.45, 7) is 8.39. The van der Waals surface area contributed by atoms with Gasteiger partial charge in [0.25, 0.3) is 5.91 Å². The van der Waals surface area contributed by atoms with Gasteiger partial charge in [0.1, 0.15) is 16.9 Å². The number of esters is 1. The minimum Gasteiger partial charge on any atom is -0.493 e. The smallest absolute Gasteiger partial charge is 0.341 e. The van der Waals surface area contributed by atoms with Crippen molar-refractivity contribution in [3.63, 3.8) is 0 Å². The number of benzene rings is 1. The Labute approximate surface area is 156 Å². The van der Waals surface area contributed by atoms with Gasteiger partial charge in [-0.2, -0.15) is 0 Å². The van der Waals surface area contributed by atoms with Gasteiger partial charge in [0.2, 0.25) is 0 Å². The number of hydrogen-bond donors (Lipinski definition) is 1. The second-order valence-electron chi connectivity index (χ2n) is 6.89. The van der Waals surface area contributed by atoms with Crippen molar-refractivity contribution in [1.82, 2.24) is 0 Å². The molecule has 1 aromatic rings. The fourth-order valence-corrected chi connectivity index (χ4v) is 2.64. The monoisotopic (exact) mass is 365 g/mol. The summed E-state index contributed by atoms with van der Waals surface area (Å²) in [5.74, 6) is -0.0286. The molecule has 0 radical (unpaired) electrons. The van der Waals surface area contributed by atoms with E-state index in [4.69, 9.17) is 14.2 Å². The van der Waals surface area contributed by atoms with Crippen LogP contribution in [0.4, 0.5) is 5.69 Å². The molecule has 1 atom stereocenters. The van der Waals surface area contributed by atoms with Crippen LogP contribution in [0.2, 0.25) is 0 Å². The van der Waals surface area contributed by atoms with Gasteiger partial charge in [0.15, 0.2) is 0 Å². The number of amides is 1. The van der Waals surface area contributed by atoms with Crippen molar-refractivity contribution in [1.29, 1.82) is 0 Å². The minimum atomic E-state index is -0.949. The summed E-state index contributed by atoms with van der Waals surface area (Å²) < 4.78 is 15.9. The van der Waals surface area contributed by atoms with Crippen molar-refractivity contribution in [2.75, 3.05) is 26.1 Å². The Balaban J connectivity index is 3.02. The number of carbonyl (C=O) groups excluding carboxylic acids is 2. The third-order valence-corrected chi connectivity index (χ3v) is 4.13. The first-order valence-electron chi connectivity index (χ1n) is 8.99. The van der Waals surface area contributed by atoms with Crippen molar-refractivity contribution in [2.45, 2.75) is 52.6 Å². The molecule has 0 bridgehead atoms. The summed E-state index contributed by atoms with van der Waals surface area (Å²) in [7, 11) is 2.83. The van der Waals surface area contributed by atoms with Gasteiger partial charge in [-0.15, -0.1) is 0 Å². The molecule has 0 saturated carbocycles. The number of rotatable bonds is 10. The highest BCUT2D eigenvalue weighted by atomic mass is 16.5. The Kier molecular flexibility index (Phi) is 8.58. The maximum atomic E-state index is 12.7. The number of nitrogens with one attached hydrogen (secondary N) is 1. The average molecular weight is 365 g/mol. The van der Waals surface area contributed by atoms with Gasteiger partial charge in [-0.1, -0.05) is 27.2 Å². The molecular weight excluding hydrogens is 334 g/mol. The summed E-state index contributed by atoms with van der Waals surface area (Å²) in [4.78, 5) is 24.7. The molecule has 1 amide bonds. The molecule has 0 spiro atoms.